The van der Waals surface area contributed by atoms with Gasteiger partial charge in [-0.15, -0.1) is 0 Å². The zero-order chi connectivity index (χ0) is 18.6. The van der Waals surface area contributed by atoms with Crippen LogP contribution >= 0.6 is 0 Å². The predicted octanol–water partition coefficient (Wildman–Crippen LogP) is 3.57. The summed E-state index contributed by atoms with van der Waals surface area (Å²) < 4.78 is 27.3. The van der Waals surface area contributed by atoms with Crippen LogP contribution in [0.5, 0.6) is 0 Å². The van der Waals surface area contributed by atoms with Gasteiger partial charge in [0.25, 0.3) is 15.9 Å². The maximum Gasteiger partial charge on any atom is 0.264 e. The van der Waals surface area contributed by atoms with Crippen molar-refractivity contribution in [2.45, 2.75) is 43.5 Å². The summed E-state index contributed by atoms with van der Waals surface area (Å²) in [7, 11) is -3.67. The summed E-state index contributed by atoms with van der Waals surface area (Å²) in [6.45, 7) is 2.13. The first-order valence-electron chi connectivity index (χ1n) is 9.01. The molecule has 0 radical (unpaired) electrons. The Kier molecular flexibility index (Phi) is 5.61. The molecule has 5 nitrogen and oxygen atoms in total. The Bertz CT molecular complexity index is 842. The lowest BCUT2D eigenvalue weighted by atomic mass is 10.2. The normalized spacial score (nSPS) is 15.0. The first kappa shape index (κ1) is 18.5. The van der Waals surface area contributed by atoms with Crippen molar-refractivity contribution in [2.75, 3.05) is 10.8 Å². The van der Waals surface area contributed by atoms with Crippen LogP contribution in [0, 0.1) is 0 Å². The van der Waals surface area contributed by atoms with Gasteiger partial charge in [-0.3, -0.25) is 9.10 Å². The fourth-order valence-electron chi connectivity index (χ4n) is 3.33. The molecule has 2 aromatic rings. The molecule has 1 aliphatic carbocycles. The number of para-hydroxylation sites is 1. The van der Waals surface area contributed by atoms with E-state index in [1.54, 1.807) is 31.2 Å². The second-order valence-corrected chi connectivity index (χ2v) is 8.35. The minimum Gasteiger partial charge on any atom is -0.349 e. The Morgan fingerprint density at radius 2 is 1.65 bits per heavy atom. The number of hydrogen-bond acceptors (Lipinski definition) is 3. The van der Waals surface area contributed by atoms with E-state index in [-0.39, 0.29) is 16.8 Å². The molecule has 1 fully saturated rings. The molecule has 2 aromatic carbocycles. The Morgan fingerprint density at radius 1 is 1.04 bits per heavy atom. The Balaban J connectivity index is 1.79. The van der Waals surface area contributed by atoms with Crippen LogP contribution in [0.2, 0.25) is 0 Å². The Labute approximate surface area is 155 Å². The van der Waals surface area contributed by atoms with E-state index in [0.29, 0.717) is 17.8 Å². The van der Waals surface area contributed by atoms with Gasteiger partial charge in [0.15, 0.2) is 0 Å². The number of sulfonamides is 1. The van der Waals surface area contributed by atoms with Crippen LogP contribution in [-0.2, 0) is 10.0 Å². The topological polar surface area (TPSA) is 66.5 Å². The lowest BCUT2D eigenvalue weighted by Gasteiger charge is -2.23. The van der Waals surface area contributed by atoms with Crippen molar-refractivity contribution >= 4 is 21.6 Å². The molecule has 1 amide bonds. The van der Waals surface area contributed by atoms with Crippen molar-refractivity contribution < 1.29 is 13.2 Å². The molecule has 0 aromatic heterocycles. The summed E-state index contributed by atoms with van der Waals surface area (Å²) in [5, 5.41) is 3.01. The quantitative estimate of drug-likeness (QED) is 0.843. The van der Waals surface area contributed by atoms with Gasteiger partial charge in [-0.1, -0.05) is 31.0 Å². The summed E-state index contributed by atoms with van der Waals surface area (Å²) in [4.78, 5) is 12.5. The molecule has 1 saturated carbocycles. The lowest BCUT2D eigenvalue weighted by molar-refractivity contribution is 0.0938. The van der Waals surface area contributed by atoms with Gasteiger partial charge in [0.1, 0.15) is 0 Å². The van der Waals surface area contributed by atoms with Gasteiger partial charge >= 0.3 is 0 Å². The van der Waals surface area contributed by atoms with Crippen molar-refractivity contribution in [3.63, 3.8) is 0 Å². The third kappa shape index (κ3) is 3.90. The standard InChI is InChI=1S/C20H24N2O3S/c1-2-22(18-10-4-3-5-11-18)26(24,25)19-14-12-16(13-15-19)20(23)21-17-8-6-7-9-17/h3-5,10-15,17H,2,6-9H2,1H3,(H,21,23). The first-order valence-corrected chi connectivity index (χ1v) is 10.4. The number of carbonyl (C=O) groups excluding carboxylic acids is 1. The largest absolute Gasteiger partial charge is 0.349 e. The molecule has 0 saturated heterocycles. The van der Waals surface area contributed by atoms with Gasteiger partial charge in [0, 0.05) is 18.2 Å². The Hall–Kier alpha value is -2.34. The molecule has 0 spiro atoms. The highest BCUT2D eigenvalue weighted by atomic mass is 32.2. The van der Waals surface area contributed by atoms with Crippen LogP contribution in [0.15, 0.2) is 59.5 Å². The van der Waals surface area contributed by atoms with Crippen LogP contribution < -0.4 is 9.62 Å². The van der Waals surface area contributed by atoms with Crippen LogP contribution in [0.1, 0.15) is 43.0 Å². The third-order valence-corrected chi connectivity index (χ3v) is 6.64. The second-order valence-electron chi connectivity index (χ2n) is 6.48. The molecule has 0 bridgehead atoms. The van der Waals surface area contributed by atoms with E-state index in [4.69, 9.17) is 0 Å². The molecular formula is C20H24N2O3S. The highest BCUT2D eigenvalue weighted by Gasteiger charge is 2.24. The van der Waals surface area contributed by atoms with Gasteiger partial charge in [-0.05, 0) is 56.2 Å². The summed E-state index contributed by atoms with van der Waals surface area (Å²) in [6, 6.07) is 15.4. The maximum absolute atomic E-state index is 12.9. The van der Waals surface area contributed by atoms with Crippen molar-refractivity contribution in [3.05, 3.63) is 60.2 Å². The van der Waals surface area contributed by atoms with E-state index >= 15 is 0 Å². The monoisotopic (exact) mass is 372 g/mol. The number of amides is 1. The highest BCUT2D eigenvalue weighted by molar-refractivity contribution is 7.92. The van der Waals surface area contributed by atoms with E-state index in [2.05, 4.69) is 5.32 Å². The molecule has 0 heterocycles. The van der Waals surface area contributed by atoms with Crippen LogP contribution in [0.4, 0.5) is 5.69 Å². The second kappa shape index (κ2) is 7.91. The molecule has 0 unspecified atom stereocenters. The molecule has 26 heavy (non-hydrogen) atoms. The average molecular weight is 372 g/mol. The SMILES string of the molecule is CCN(c1ccccc1)S(=O)(=O)c1ccc(C(=O)NC2CCCC2)cc1. The number of rotatable bonds is 6. The van der Waals surface area contributed by atoms with Crippen molar-refractivity contribution in [1.82, 2.24) is 5.32 Å². The number of hydrogen-bond donors (Lipinski definition) is 1. The molecule has 3 rings (SSSR count). The van der Waals surface area contributed by atoms with Gasteiger partial charge < -0.3 is 5.32 Å². The number of anilines is 1. The van der Waals surface area contributed by atoms with Crippen LogP contribution in [-0.4, -0.2) is 26.9 Å². The molecule has 0 aliphatic heterocycles. The first-order chi connectivity index (χ1) is 12.5. The average Bonchev–Trinajstić information content (AvgIpc) is 3.16. The van der Waals surface area contributed by atoms with Gasteiger partial charge in [0.2, 0.25) is 0 Å². The molecular weight excluding hydrogens is 348 g/mol. The summed E-state index contributed by atoms with van der Waals surface area (Å²) in [5.41, 5.74) is 1.11. The fourth-order valence-corrected chi connectivity index (χ4v) is 4.80. The van der Waals surface area contributed by atoms with Gasteiger partial charge in [0.05, 0.1) is 10.6 Å². The van der Waals surface area contributed by atoms with E-state index in [1.807, 2.05) is 18.2 Å². The molecule has 6 heteroatoms. The number of carbonyl (C=O) groups is 1. The van der Waals surface area contributed by atoms with Crippen LogP contribution in [0.3, 0.4) is 0 Å². The summed E-state index contributed by atoms with van der Waals surface area (Å²) in [5.74, 6) is -0.142. The summed E-state index contributed by atoms with van der Waals surface area (Å²) in [6.07, 6.45) is 4.32. The van der Waals surface area contributed by atoms with Crippen molar-refractivity contribution in [3.8, 4) is 0 Å². The number of nitrogens with one attached hydrogen (secondary N) is 1. The zero-order valence-electron chi connectivity index (χ0n) is 14.9. The lowest BCUT2D eigenvalue weighted by Crippen LogP contribution is -2.33. The zero-order valence-corrected chi connectivity index (χ0v) is 15.7. The molecule has 1 N–H and O–H groups in total. The Morgan fingerprint density at radius 3 is 2.23 bits per heavy atom. The van der Waals surface area contributed by atoms with Gasteiger partial charge in [-0.25, -0.2) is 8.42 Å². The minimum absolute atomic E-state index is 0.142. The van der Waals surface area contributed by atoms with E-state index in [1.165, 1.54) is 16.4 Å². The fraction of sp³-hybridized carbons (Fsp3) is 0.350. The maximum atomic E-state index is 12.9. The molecule has 1 aliphatic rings. The van der Waals surface area contributed by atoms with Gasteiger partial charge in [-0.2, -0.15) is 0 Å². The predicted molar refractivity (Wildman–Crippen MR) is 103 cm³/mol. The summed E-state index contributed by atoms with van der Waals surface area (Å²) >= 11 is 0. The number of benzene rings is 2. The van der Waals surface area contributed by atoms with E-state index in [9.17, 15) is 13.2 Å². The van der Waals surface area contributed by atoms with E-state index in [0.717, 1.165) is 25.7 Å². The third-order valence-electron chi connectivity index (χ3n) is 4.73. The van der Waals surface area contributed by atoms with Crippen molar-refractivity contribution in [1.29, 1.82) is 0 Å². The number of nitrogens with zero attached hydrogens (tertiary/aromatic N) is 1. The van der Waals surface area contributed by atoms with Crippen LogP contribution in [0.25, 0.3) is 0 Å². The van der Waals surface area contributed by atoms with Crippen molar-refractivity contribution in [2.24, 2.45) is 0 Å². The highest BCUT2D eigenvalue weighted by Crippen LogP contribution is 2.24. The molecule has 0 atom stereocenters. The minimum atomic E-state index is -3.67. The van der Waals surface area contributed by atoms with E-state index < -0.39 is 10.0 Å². The smallest absolute Gasteiger partial charge is 0.264 e. The molecule has 138 valence electrons.